The molecule has 0 heterocycles. The van der Waals surface area contributed by atoms with E-state index in [0.29, 0.717) is 13.0 Å². The van der Waals surface area contributed by atoms with Crippen LogP contribution in [0.15, 0.2) is 18.2 Å². The van der Waals surface area contributed by atoms with Crippen LogP contribution in [-0.4, -0.2) is 34.6 Å². The van der Waals surface area contributed by atoms with Crippen molar-refractivity contribution in [1.29, 1.82) is 0 Å². The SMILES string of the molecule is CC(=O)N(C)CCc1cc(O)cc(O)c1. The minimum Gasteiger partial charge on any atom is -0.508 e. The third-order valence-electron chi connectivity index (χ3n) is 2.24. The van der Waals surface area contributed by atoms with Crippen molar-refractivity contribution in [2.24, 2.45) is 0 Å². The normalized spacial score (nSPS) is 10.0. The van der Waals surface area contributed by atoms with Gasteiger partial charge in [-0.2, -0.15) is 0 Å². The molecule has 0 aromatic heterocycles. The summed E-state index contributed by atoms with van der Waals surface area (Å²) in [5, 5.41) is 18.5. The van der Waals surface area contributed by atoms with Crippen LogP contribution in [0, 0.1) is 0 Å². The summed E-state index contributed by atoms with van der Waals surface area (Å²) in [7, 11) is 1.71. The molecule has 0 unspecified atom stereocenters. The first-order valence-corrected chi connectivity index (χ1v) is 4.72. The largest absolute Gasteiger partial charge is 0.508 e. The quantitative estimate of drug-likeness (QED) is 0.784. The maximum atomic E-state index is 10.9. The highest BCUT2D eigenvalue weighted by molar-refractivity contribution is 5.72. The van der Waals surface area contributed by atoms with Gasteiger partial charge in [-0.25, -0.2) is 0 Å². The maximum Gasteiger partial charge on any atom is 0.219 e. The molecule has 0 radical (unpaired) electrons. The lowest BCUT2D eigenvalue weighted by Crippen LogP contribution is -2.26. The van der Waals surface area contributed by atoms with Crippen LogP contribution in [0.5, 0.6) is 11.5 Å². The van der Waals surface area contributed by atoms with E-state index in [0.717, 1.165) is 5.56 Å². The Balaban J connectivity index is 2.61. The first-order valence-electron chi connectivity index (χ1n) is 4.72. The number of carbonyl (C=O) groups is 1. The van der Waals surface area contributed by atoms with E-state index < -0.39 is 0 Å². The Kier molecular flexibility index (Phi) is 3.55. The van der Waals surface area contributed by atoms with Gasteiger partial charge in [0.05, 0.1) is 0 Å². The fourth-order valence-corrected chi connectivity index (χ4v) is 1.26. The molecule has 1 aromatic rings. The van der Waals surface area contributed by atoms with Crippen molar-refractivity contribution >= 4 is 5.91 Å². The summed E-state index contributed by atoms with van der Waals surface area (Å²) >= 11 is 0. The van der Waals surface area contributed by atoms with Crippen molar-refractivity contribution in [3.63, 3.8) is 0 Å². The number of hydrogen-bond donors (Lipinski definition) is 2. The molecule has 1 aromatic carbocycles. The standard InChI is InChI=1S/C11H15NO3/c1-8(13)12(2)4-3-9-5-10(14)7-11(15)6-9/h5-7,14-15H,3-4H2,1-2H3. The molecule has 4 heteroatoms. The molecule has 82 valence electrons. The van der Waals surface area contributed by atoms with E-state index in [1.165, 1.54) is 13.0 Å². The van der Waals surface area contributed by atoms with Gasteiger partial charge in [0.25, 0.3) is 0 Å². The Hall–Kier alpha value is -1.71. The van der Waals surface area contributed by atoms with Crippen molar-refractivity contribution in [2.45, 2.75) is 13.3 Å². The van der Waals surface area contributed by atoms with Crippen LogP contribution in [-0.2, 0) is 11.2 Å². The average molecular weight is 209 g/mol. The molecule has 0 fully saturated rings. The third-order valence-corrected chi connectivity index (χ3v) is 2.24. The maximum absolute atomic E-state index is 10.9. The fourth-order valence-electron chi connectivity index (χ4n) is 1.26. The Morgan fingerprint density at radius 1 is 1.27 bits per heavy atom. The fraction of sp³-hybridized carbons (Fsp3) is 0.364. The van der Waals surface area contributed by atoms with Crippen LogP contribution in [0.2, 0.25) is 0 Å². The Labute approximate surface area is 88.8 Å². The van der Waals surface area contributed by atoms with Gasteiger partial charge in [0.15, 0.2) is 0 Å². The van der Waals surface area contributed by atoms with Crippen LogP contribution >= 0.6 is 0 Å². The minimum absolute atomic E-state index is 0.000579. The molecule has 0 saturated carbocycles. The molecule has 15 heavy (non-hydrogen) atoms. The summed E-state index contributed by atoms with van der Waals surface area (Å²) in [5.74, 6) is 0.0744. The van der Waals surface area contributed by atoms with Crippen LogP contribution in [0.25, 0.3) is 0 Å². The Bertz CT molecular complexity index is 343. The molecule has 1 amide bonds. The van der Waals surface area contributed by atoms with E-state index in [1.807, 2.05) is 0 Å². The van der Waals surface area contributed by atoms with Gasteiger partial charge < -0.3 is 15.1 Å². The molecule has 0 atom stereocenters. The predicted molar refractivity (Wildman–Crippen MR) is 56.8 cm³/mol. The van der Waals surface area contributed by atoms with E-state index in [4.69, 9.17) is 0 Å². The van der Waals surface area contributed by atoms with Gasteiger partial charge in [0.1, 0.15) is 11.5 Å². The highest BCUT2D eigenvalue weighted by atomic mass is 16.3. The Morgan fingerprint density at radius 3 is 2.27 bits per heavy atom. The van der Waals surface area contributed by atoms with E-state index >= 15 is 0 Å². The van der Waals surface area contributed by atoms with Crippen molar-refractivity contribution in [1.82, 2.24) is 4.90 Å². The van der Waals surface area contributed by atoms with E-state index in [-0.39, 0.29) is 17.4 Å². The molecule has 0 aliphatic heterocycles. The van der Waals surface area contributed by atoms with Crippen molar-refractivity contribution in [3.8, 4) is 11.5 Å². The molecule has 0 aliphatic rings. The van der Waals surface area contributed by atoms with Gasteiger partial charge in [0, 0.05) is 26.6 Å². The second kappa shape index (κ2) is 4.68. The van der Waals surface area contributed by atoms with Gasteiger partial charge in [-0.3, -0.25) is 4.79 Å². The molecule has 0 saturated heterocycles. The number of phenols is 2. The van der Waals surface area contributed by atoms with Crippen LogP contribution in [0.4, 0.5) is 0 Å². The highest BCUT2D eigenvalue weighted by Gasteiger charge is 2.04. The second-order valence-corrected chi connectivity index (χ2v) is 3.55. The number of nitrogens with zero attached hydrogens (tertiary/aromatic N) is 1. The van der Waals surface area contributed by atoms with Gasteiger partial charge >= 0.3 is 0 Å². The zero-order valence-electron chi connectivity index (χ0n) is 8.90. The molecule has 0 aliphatic carbocycles. The van der Waals surface area contributed by atoms with Crippen molar-refractivity contribution in [2.75, 3.05) is 13.6 Å². The summed E-state index contributed by atoms with van der Waals surface area (Å²) in [6, 6.07) is 4.43. The zero-order chi connectivity index (χ0) is 11.4. The third kappa shape index (κ3) is 3.50. The first-order chi connectivity index (χ1) is 6.99. The molecule has 4 nitrogen and oxygen atoms in total. The molecule has 0 spiro atoms. The number of phenolic OH excluding ortho intramolecular Hbond substituents is 2. The van der Waals surface area contributed by atoms with Gasteiger partial charge in [0.2, 0.25) is 5.91 Å². The summed E-state index contributed by atoms with van der Waals surface area (Å²) in [6.07, 6.45) is 0.609. The lowest BCUT2D eigenvalue weighted by molar-refractivity contribution is -0.127. The smallest absolute Gasteiger partial charge is 0.219 e. The van der Waals surface area contributed by atoms with Gasteiger partial charge in [-0.05, 0) is 24.1 Å². The number of benzene rings is 1. The minimum atomic E-state index is -0.000579. The number of carbonyl (C=O) groups excluding carboxylic acids is 1. The summed E-state index contributed by atoms with van der Waals surface area (Å²) in [5.41, 5.74) is 0.806. The van der Waals surface area contributed by atoms with Crippen LogP contribution in [0.1, 0.15) is 12.5 Å². The lowest BCUT2D eigenvalue weighted by Gasteiger charge is -2.14. The second-order valence-electron chi connectivity index (χ2n) is 3.55. The van der Waals surface area contributed by atoms with Crippen molar-refractivity contribution < 1.29 is 15.0 Å². The van der Waals surface area contributed by atoms with Crippen molar-refractivity contribution in [3.05, 3.63) is 23.8 Å². The number of likely N-dealkylation sites (N-methyl/N-ethyl adjacent to an activating group) is 1. The summed E-state index contributed by atoms with van der Waals surface area (Å²) in [4.78, 5) is 12.5. The number of aromatic hydroxyl groups is 2. The molecule has 2 N–H and O–H groups in total. The Morgan fingerprint density at radius 2 is 1.80 bits per heavy atom. The van der Waals surface area contributed by atoms with E-state index in [2.05, 4.69) is 0 Å². The number of amides is 1. The molecular formula is C11H15NO3. The average Bonchev–Trinajstić information content (AvgIpc) is 2.12. The summed E-state index contributed by atoms with van der Waals surface area (Å²) < 4.78 is 0. The van der Waals surface area contributed by atoms with Gasteiger partial charge in [-0.15, -0.1) is 0 Å². The number of hydrogen-bond acceptors (Lipinski definition) is 3. The monoisotopic (exact) mass is 209 g/mol. The first kappa shape index (κ1) is 11.4. The van der Waals surface area contributed by atoms with E-state index in [9.17, 15) is 15.0 Å². The molecule has 1 rings (SSSR count). The predicted octanol–water partition coefficient (Wildman–Crippen LogP) is 1.12. The van der Waals surface area contributed by atoms with Crippen LogP contribution in [0.3, 0.4) is 0 Å². The molecule has 0 bridgehead atoms. The topological polar surface area (TPSA) is 60.8 Å². The number of rotatable bonds is 3. The lowest BCUT2D eigenvalue weighted by atomic mass is 10.1. The van der Waals surface area contributed by atoms with Gasteiger partial charge in [-0.1, -0.05) is 0 Å². The van der Waals surface area contributed by atoms with E-state index in [1.54, 1.807) is 24.1 Å². The highest BCUT2D eigenvalue weighted by Crippen LogP contribution is 2.20. The van der Waals surface area contributed by atoms with Crippen LogP contribution < -0.4 is 0 Å². The zero-order valence-corrected chi connectivity index (χ0v) is 8.90. The summed E-state index contributed by atoms with van der Waals surface area (Å²) in [6.45, 7) is 2.07. The molecular weight excluding hydrogens is 194 g/mol.